The van der Waals surface area contributed by atoms with Crippen LogP contribution in [0.2, 0.25) is 0 Å². The number of allylic oxidation sites excluding steroid dienone is 2. The Balaban J connectivity index is 4.49. The molecule has 0 fully saturated rings. The molecule has 66 valence electrons. The molecule has 0 atom stereocenters. The fourth-order valence-electron chi connectivity index (χ4n) is 0.778. The Bertz CT molecular complexity index is 162. The zero-order valence-corrected chi connectivity index (χ0v) is 7.29. The summed E-state index contributed by atoms with van der Waals surface area (Å²) in [6.07, 6.45) is 1.26. The highest BCUT2D eigenvalue weighted by Crippen LogP contribution is 2.25. The SMILES string of the molecule is C/C(=C\C(C)(C)C)[B-](F)(F)F. The highest BCUT2D eigenvalue weighted by Gasteiger charge is 2.25. The molecule has 0 aromatic rings. The van der Waals surface area contributed by atoms with Gasteiger partial charge in [0.2, 0.25) is 0 Å². The Kier molecular flexibility index (Phi) is 2.81. The van der Waals surface area contributed by atoms with Gasteiger partial charge in [0.25, 0.3) is 0 Å². The van der Waals surface area contributed by atoms with Crippen molar-refractivity contribution in [2.75, 3.05) is 0 Å². The highest BCUT2D eigenvalue weighted by molar-refractivity contribution is 6.66. The Labute approximate surface area is 65.5 Å². The van der Waals surface area contributed by atoms with Crippen LogP contribution in [0, 0.1) is 5.41 Å². The van der Waals surface area contributed by atoms with Gasteiger partial charge >= 0.3 is 6.98 Å². The maximum Gasteiger partial charge on any atom is 0.505 e. The maximum absolute atomic E-state index is 12.0. The Morgan fingerprint density at radius 3 is 1.64 bits per heavy atom. The molecule has 11 heavy (non-hydrogen) atoms. The molecule has 0 saturated carbocycles. The molecule has 0 bridgehead atoms. The predicted molar refractivity (Wildman–Crippen MR) is 42.3 cm³/mol. The molecule has 0 aromatic carbocycles. The second-order valence-electron chi connectivity index (χ2n) is 3.83. The fraction of sp³-hybridized carbons (Fsp3) is 0.714. The molecule has 4 heteroatoms. The molecule has 0 N–H and O–H groups in total. The van der Waals surface area contributed by atoms with E-state index < -0.39 is 12.4 Å². The van der Waals surface area contributed by atoms with Crippen molar-refractivity contribution in [1.82, 2.24) is 0 Å². The minimum Gasteiger partial charge on any atom is -0.445 e. The van der Waals surface area contributed by atoms with E-state index in [0.29, 0.717) is 0 Å². The summed E-state index contributed by atoms with van der Waals surface area (Å²) in [5.74, 6) is 0. The van der Waals surface area contributed by atoms with Gasteiger partial charge in [-0.25, -0.2) is 0 Å². The van der Waals surface area contributed by atoms with Crippen molar-refractivity contribution < 1.29 is 12.9 Å². The lowest BCUT2D eigenvalue weighted by atomic mass is 9.76. The molecule has 0 heterocycles. The van der Waals surface area contributed by atoms with E-state index in [-0.39, 0.29) is 5.41 Å². The smallest absolute Gasteiger partial charge is 0.445 e. The molecule has 0 rings (SSSR count). The Hall–Kier alpha value is -0.405. The third-order valence-electron chi connectivity index (χ3n) is 1.18. The third kappa shape index (κ3) is 4.93. The fourth-order valence-corrected chi connectivity index (χ4v) is 0.778. The second kappa shape index (κ2) is 2.91. The van der Waals surface area contributed by atoms with Crippen molar-refractivity contribution in [3.05, 3.63) is 11.5 Å². The molecular formula is C7H13BF3-. The van der Waals surface area contributed by atoms with Crippen molar-refractivity contribution in [2.24, 2.45) is 5.41 Å². The molecule has 0 unspecified atom stereocenters. The molecule has 0 nitrogen and oxygen atoms in total. The average molecular weight is 165 g/mol. The lowest BCUT2D eigenvalue weighted by Crippen LogP contribution is -2.19. The van der Waals surface area contributed by atoms with Gasteiger partial charge in [0.1, 0.15) is 0 Å². The number of halogens is 3. The van der Waals surface area contributed by atoms with E-state index in [1.807, 2.05) is 0 Å². The van der Waals surface area contributed by atoms with Crippen LogP contribution in [0.4, 0.5) is 12.9 Å². The van der Waals surface area contributed by atoms with Gasteiger partial charge in [0.15, 0.2) is 0 Å². The monoisotopic (exact) mass is 165 g/mol. The molecule has 0 amide bonds. The van der Waals surface area contributed by atoms with Gasteiger partial charge in [-0.05, 0) is 5.41 Å². The van der Waals surface area contributed by atoms with Crippen molar-refractivity contribution in [1.29, 1.82) is 0 Å². The van der Waals surface area contributed by atoms with Crippen LogP contribution in [0.15, 0.2) is 11.5 Å². The summed E-state index contributed by atoms with van der Waals surface area (Å²) < 4.78 is 35.9. The van der Waals surface area contributed by atoms with Crippen LogP contribution in [-0.4, -0.2) is 6.98 Å². The molecule has 0 aliphatic heterocycles. The van der Waals surface area contributed by atoms with Crippen LogP contribution >= 0.6 is 0 Å². The highest BCUT2D eigenvalue weighted by atomic mass is 19.4. The van der Waals surface area contributed by atoms with Crippen molar-refractivity contribution in [3.8, 4) is 0 Å². The van der Waals surface area contributed by atoms with Gasteiger partial charge in [0, 0.05) is 0 Å². The van der Waals surface area contributed by atoms with E-state index >= 15 is 0 Å². The van der Waals surface area contributed by atoms with Crippen LogP contribution in [0.3, 0.4) is 0 Å². The zero-order valence-electron chi connectivity index (χ0n) is 7.29. The van der Waals surface area contributed by atoms with E-state index in [1.165, 1.54) is 6.08 Å². The van der Waals surface area contributed by atoms with Crippen molar-refractivity contribution in [2.45, 2.75) is 27.7 Å². The van der Waals surface area contributed by atoms with Gasteiger partial charge in [-0.2, -0.15) is 0 Å². The zero-order chi connectivity index (χ0) is 9.28. The standard InChI is InChI=1S/C7H13BF3/c1-6(8(9,10)11)5-7(2,3)4/h5H,1-4H3/q-1/b6-5+. The normalized spacial score (nSPS) is 15.4. The van der Waals surface area contributed by atoms with Crippen LogP contribution in [0.1, 0.15) is 27.7 Å². The van der Waals surface area contributed by atoms with Gasteiger partial charge in [-0.3, -0.25) is 0 Å². The van der Waals surface area contributed by atoms with Crippen LogP contribution in [-0.2, 0) is 0 Å². The predicted octanol–water partition coefficient (Wildman–Crippen LogP) is 3.37. The first-order valence-electron chi connectivity index (χ1n) is 3.52. The summed E-state index contributed by atoms with van der Waals surface area (Å²) >= 11 is 0. The molecule has 0 aromatic heterocycles. The van der Waals surface area contributed by atoms with E-state index in [9.17, 15) is 12.9 Å². The van der Waals surface area contributed by atoms with E-state index in [4.69, 9.17) is 0 Å². The minimum absolute atomic E-state index is 0.388. The maximum atomic E-state index is 12.0. The first-order valence-corrected chi connectivity index (χ1v) is 3.52. The number of hydrogen-bond donors (Lipinski definition) is 0. The van der Waals surface area contributed by atoms with Crippen LogP contribution < -0.4 is 0 Å². The summed E-state index contributed by atoms with van der Waals surface area (Å²) in [7, 11) is 0. The molecule has 0 spiro atoms. The lowest BCUT2D eigenvalue weighted by Gasteiger charge is -2.20. The van der Waals surface area contributed by atoms with Gasteiger partial charge in [-0.15, -0.1) is 11.5 Å². The van der Waals surface area contributed by atoms with E-state index in [2.05, 4.69) is 0 Å². The van der Waals surface area contributed by atoms with Crippen LogP contribution in [0.5, 0.6) is 0 Å². The average Bonchev–Trinajstić information content (AvgIpc) is 1.56. The topological polar surface area (TPSA) is 0 Å². The Morgan fingerprint density at radius 2 is 1.55 bits per heavy atom. The van der Waals surface area contributed by atoms with Crippen molar-refractivity contribution >= 4 is 6.98 Å². The summed E-state index contributed by atoms with van der Waals surface area (Å²) in [6, 6.07) is 0. The molecular weight excluding hydrogens is 152 g/mol. The molecule has 0 radical (unpaired) electrons. The first-order chi connectivity index (χ1) is 4.63. The van der Waals surface area contributed by atoms with Gasteiger partial charge < -0.3 is 12.9 Å². The summed E-state index contributed by atoms with van der Waals surface area (Å²) in [5, 5.41) is 0. The number of hydrogen-bond acceptors (Lipinski definition) is 0. The molecule has 0 aliphatic rings. The molecule has 0 saturated heterocycles. The van der Waals surface area contributed by atoms with E-state index in [1.54, 1.807) is 20.8 Å². The van der Waals surface area contributed by atoms with E-state index in [0.717, 1.165) is 6.92 Å². The van der Waals surface area contributed by atoms with Crippen molar-refractivity contribution in [3.63, 3.8) is 0 Å². The number of rotatable bonds is 1. The second-order valence-corrected chi connectivity index (χ2v) is 3.83. The Morgan fingerprint density at radius 1 is 1.18 bits per heavy atom. The minimum atomic E-state index is -4.77. The van der Waals surface area contributed by atoms with Crippen LogP contribution in [0.25, 0.3) is 0 Å². The lowest BCUT2D eigenvalue weighted by molar-refractivity contribution is 0.481. The summed E-state index contributed by atoms with van der Waals surface area (Å²) in [6.45, 7) is 1.59. The summed E-state index contributed by atoms with van der Waals surface area (Å²) in [4.78, 5) is 0. The third-order valence-corrected chi connectivity index (χ3v) is 1.18. The van der Waals surface area contributed by atoms with Gasteiger partial charge in [-0.1, -0.05) is 27.7 Å². The molecule has 0 aliphatic carbocycles. The summed E-state index contributed by atoms with van der Waals surface area (Å²) in [5.41, 5.74) is -0.848. The largest absolute Gasteiger partial charge is 0.505 e. The first kappa shape index (κ1) is 10.6. The van der Waals surface area contributed by atoms with Gasteiger partial charge in [0.05, 0.1) is 0 Å². The quantitative estimate of drug-likeness (QED) is 0.522.